The molecule has 1 aliphatic carbocycles. The van der Waals surface area contributed by atoms with Crippen LogP contribution < -0.4 is 11.1 Å². The summed E-state index contributed by atoms with van der Waals surface area (Å²) in [6.45, 7) is 3.12. The zero-order valence-electron chi connectivity index (χ0n) is 10.8. The Kier molecular flexibility index (Phi) is 2.37. The smallest absolute Gasteiger partial charge is 0.251 e. The number of rotatable bonds is 0. The molecule has 0 spiro atoms. The van der Waals surface area contributed by atoms with Crippen molar-refractivity contribution in [1.82, 2.24) is 9.97 Å². The van der Waals surface area contributed by atoms with Crippen molar-refractivity contribution in [2.24, 2.45) is 0 Å². The van der Waals surface area contributed by atoms with E-state index in [-0.39, 0.29) is 28.3 Å². The van der Waals surface area contributed by atoms with Crippen molar-refractivity contribution in [2.45, 2.75) is 13.8 Å². The first-order valence-corrected chi connectivity index (χ1v) is 5.97. The van der Waals surface area contributed by atoms with Crippen molar-refractivity contribution in [2.75, 3.05) is 0 Å². The molecule has 0 atom stereocenters. The Labute approximate surface area is 112 Å². The minimum atomic E-state index is -0.552. The number of hydrogen-bond donors (Lipinski definition) is 2. The first-order valence-electron chi connectivity index (χ1n) is 5.97. The van der Waals surface area contributed by atoms with Gasteiger partial charge in [-0.05, 0) is 26.0 Å². The molecular formula is C14H10N2O4. The zero-order chi connectivity index (χ0) is 14.6. The van der Waals surface area contributed by atoms with Crippen LogP contribution in [0.3, 0.4) is 0 Å². The summed E-state index contributed by atoms with van der Waals surface area (Å²) in [6.07, 6.45) is 0. The second-order valence-electron chi connectivity index (χ2n) is 4.80. The monoisotopic (exact) mass is 270 g/mol. The molecule has 0 amide bonds. The first-order chi connectivity index (χ1) is 9.40. The maximum atomic E-state index is 12.4. The standard InChI is InChI=1S/C14H10N2O4/c1-5-3-7-9(15-13(5)19)12(18)10-8(11(7)17)4-6(2)14(20)16-10/h3-4H,1-2H3,(H,15,19)(H,16,20). The van der Waals surface area contributed by atoms with Crippen LogP contribution in [0.15, 0.2) is 21.7 Å². The molecule has 0 aromatic carbocycles. The van der Waals surface area contributed by atoms with Crippen molar-refractivity contribution < 1.29 is 9.59 Å². The number of carbonyl (C=O) groups excluding carboxylic acids is 2. The molecule has 2 heterocycles. The van der Waals surface area contributed by atoms with E-state index in [2.05, 4.69) is 9.97 Å². The molecule has 1 aliphatic rings. The van der Waals surface area contributed by atoms with E-state index < -0.39 is 16.9 Å². The number of aromatic nitrogens is 2. The summed E-state index contributed by atoms with van der Waals surface area (Å²) in [5.74, 6) is -0.933. The lowest BCUT2D eigenvalue weighted by Gasteiger charge is -2.17. The number of H-pyrrole nitrogens is 2. The van der Waals surface area contributed by atoms with Crippen LogP contribution >= 0.6 is 0 Å². The number of aryl methyl sites for hydroxylation is 2. The number of ketones is 2. The number of nitrogens with one attached hydrogen (secondary N) is 2. The lowest BCUT2D eigenvalue weighted by Crippen LogP contribution is -2.30. The largest absolute Gasteiger partial charge is 0.318 e. The van der Waals surface area contributed by atoms with E-state index in [4.69, 9.17) is 0 Å². The van der Waals surface area contributed by atoms with E-state index in [0.717, 1.165) is 0 Å². The highest BCUT2D eigenvalue weighted by atomic mass is 16.2. The molecule has 0 unspecified atom stereocenters. The van der Waals surface area contributed by atoms with Gasteiger partial charge in [0.25, 0.3) is 11.1 Å². The predicted molar refractivity (Wildman–Crippen MR) is 70.5 cm³/mol. The molecule has 6 nitrogen and oxygen atoms in total. The highest BCUT2D eigenvalue weighted by Gasteiger charge is 2.32. The van der Waals surface area contributed by atoms with E-state index in [1.54, 1.807) is 13.8 Å². The van der Waals surface area contributed by atoms with E-state index in [1.807, 2.05) is 0 Å². The molecular weight excluding hydrogens is 260 g/mol. The molecule has 0 saturated heterocycles. The van der Waals surface area contributed by atoms with E-state index in [1.165, 1.54) is 12.1 Å². The Balaban J connectivity index is 2.39. The average molecular weight is 270 g/mol. The summed E-state index contributed by atoms with van der Waals surface area (Å²) in [5, 5.41) is 0. The van der Waals surface area contributed by atoms with Gasteiger partial charge in [0.2, 0.25) is 5.78 Å². The van der Waals surface area contributed by atoms with Crippen molar-refractivity contribution >= 4 is 11.6 Å². The molecule has 20 heavy (non-hydrogen) atoms. The molecule has 0 aliphatic heterocycles. The Morgan fingerprint density at radius 3 is 1.50 bits per heavy atom. The summed E-state index contributed by atoms with van der Waals surface area (Å²) in [5.41, 5.74) is 0.0296. The van der Waals surface area contributed by atoms with Crippen LogP contribution in [0, 0.1) is 13.8 Å². The normalized spacial score (nSPS) is 13.1. The lowest BCUT2D eigenvalue weighted by molar-refractivity contribution is 0.0971. The molecule has 0 bridgehead atoms. The van der Waals surface area contributed by atoms with Crippen molar-refractivity contribution in [3.8, 4) is 0 Å². The van der Waals surface area contributed by atoms with Crippen molar-refractivity contribution in [3.63, 3.8) is 0 Å². The fourth-order valence-electron chi connectivity index (χ4n) is 2.25. The average Bonchev–Trinajstić information content (AvgIpc) is 2.41. The third kappa shape index (κ3) is 1.51. The van der Waals surface area contributed by atoms with E-state index in [9.17, 15) is 19.2 Å². The summed E-state index contributed by atoms with van der Waals surface area (Å²) in [4.78, 5) is 52.6. The summed E-state index contributed by atoms with van der Waals surface area (Å²) < 4.78 is 0. The molecule has 0 fully saturated rings. The molecule has 3 rings (SSSR count). The Bertz CT molecular complexity index is 831. The van der Waals surface area contributed by atoms with Gasteiger partial charge in [-0.25, -0.2) is 0 Å². The minimum Gasteiger partial charge on any atom is -0.318 e. The topological polar surface area (TPSA) is 99.9 Å². The van der Waals surface area contributed by atoms with Crippen molar-refractivity contribution in [1.29, 1.82) is 0 Å². The Morgan fingerprint density at radius 2 is 1.10 bits per heavy atom. The molecule has 0 radical (unpaired) electrons. The Morgan fingerprint density at radius 1 is 0.700 bits per heavy atom. The number of hydrogen-bond acceptors (Lipinski definition) is 4. The van der Waals surface area contributed by atoms with Crippen LogP contribution in [-0.2, 0) is 0 Å². The SMILES string of the molecule is Cc1cc2c([nH]c1=O)C(=O)c1[nH]c(=O)c(C)cc1C2=O. The quantitative estimate of drug-likeness (QED) is 0.619. The predicted octanol–water partition coefficient (Wildman–Crippen LogP) is 0.455. The molecule has 2 N–H and O–H groups in total. The molecule has 2 aromatic heterocycles. The van der Waals surface area contributed by atoms with Crippen LogP contribution in [0.2, 0.25) is 0 Å². The maximum absolute atomic E-state index is 12.4. The number of aromatic amines is 2. The van der Waals surface area contributed by atoms with Gasteiger partial charge in [0.1, 0.15) is 11.4 Å². The van der Waals surface area contributed by atoms with Crippen LogP contribution in [0.1, 0.15) is 43.2 Å². The molecule has 2 aromatic rings. The highest BCUT2D eigenvalue weighted by molar-refractivity contribution is 6.26. The van der Waals surface area contributed by atoms with Crippen LogP contribution in [0.25, 0.3) is 0 Å². The van der Waals surface area contributed by atoms with Gasteiger partial charge in [0, 0.05) is 11.1 Å². The zero-order valence-corrected chi connectivity index (χ0v) is 10.8. The molecule has 0 saturated carbocycles. The number of pyridine rings is 2. The highest BCUT2D eigenvalue weighted by Crippen LogP contribution is 2.23. The molecule has 6 heteroatoms. The van der Waals surface area contributed by atoms with Crippen LogP contribution in [-0.4, -0.2) is 21.5 Å². The third-order valence-electron chi connectivity index (χ3n) is 3.40. The number of carbonyl (C=O) groups is 2. The summed E-state index contributed by atoms with van der Waals surface area (Å²) in [7, 11) is 0. The fourth-order valence-corrected chi connectivity index (χ4v) is 2.25. The van der Waals surface area contributed by atoms with Crippen molar-refractivity contribution in [3.05, 3.63) is 66.5 Å². The van der Waals surface area contributed by atoms with Gasteiger partial charge in [-0.1, -0.05) is 0 Å². The van der Waals surface area contributed by atoms with E-state index >= 15 is 0 Å². The van der Waals surface area contributed by atoms with Crippen LogP contribution in [0.5, 0.6) is 0 Å². The van der Waals surface area contributed by atoms with Gasteiger partial charge in [0.05, 0.1) is 11.1 Å². The van der Waals surface area contributed by atoms with Gasteiger partial charge in [-0.15, -0.1) is 0 Å². The summed E-state index contributed by atoms with van der Waals surface area (Å²) in [6, 6.07) is 2.80. The van der Waals surface area contributed by atoms with Gasteiger partial charge in [-0.3, -0.25) is 19.2 Å². The van der Waals surface area contributed by atoms with E-state index in [0.29, 0.717) is 11.1 Å². The Hall–Kier alpha value is -2.76. The minimum absolute atomic E-state index is 0.0717. The second-order valence-corrected chi connectivity index (χ2v) is 4.80. The van der Waals surface area contributed by atoms with Gasteiger partial charge >= 0.3 is 0 Å². The second kappa shape index (κ2) is 3.86. The first kappa shape index (κ1) is 12.3. The van der Waals surface area contributed by atoms with Gasteiger partial charge in [-0.2, -0.15) is 0 Å². The molecule has 100 valence electrons. The fraction of sp³-hybridized carbons (Fsp3) is 0.143. The maximum Gasteiger partial charge on any atom is 0.251 e. The van der Waals surface area contributed by atoms with Gasteiger partial charge < -0.3 is 9.97 Å². The van der Waals surface area contributed by atoms with Crippen LogP contribution in [0.4, 0.5) is 0 Å². The lowest BCUT2D eigenvalue weighted by atomic mass is 9.89. The third-order valence-corrected chi connectivity index (χ3v) is 3.40. The van der Waals surface area contributed by atoms with Gasteiger partial charge in [0.15, 0.2) is 5.78 Å². The number of fused-ring (bicyclic) bond motifs is 2. The summed E-state index contributed by atoms with van der Waals surface area (Å²) >= 11 is 0.